The third-order valence-electron chi connectivity index (χ3n) is 2.98. The molecule has 22 heavy (non-hydrogen) atoms. The monoisotopic (exact) mass is 351 g/mol. The van der Waals surface area contributed by atoms with Crippen molar-refractivity contribution < 1.29 is 9.53 Å². The first kappa shape index (κ1) is 15.1. The maximum atomic E-state index is 12.2. The molecule has 0 atom stereocenters. The minimum atomic E-state index is -0.593. The van der Waals surface area contributed by atoms with Gasteiger partial charge in [-0.1, -0.05) is 53.0 Å². The molecule has 0 aliphatic carbocycles. The highest BCUT2D eigenvalue weighted by atomic mass is 35.5. The molecule has 0 unspecified atom stereocenters. The van der Waals surface area contributed by atoms with Crippen molar-refractivity contribution in [3.63, 3.8) is 0 Å². The average molecular weight is 353 g/mol. The van der Waals surface area contributed by atoms with Crippen LogP contribution < -0.4 is 4.74 Å². The Balaban J connectivity index is 1.93. The van der Waals surface area contributed by atoms with E-state index in [0.29, 0.717) is 10.6 Å². The van der Waals surface area contributed by atoms with Gasteiger partial charge in [0.15, 0.2) is 5.75 Å². The Labute approximate surface area is 141 Å². The number of hydrogen-bond acceptors (Lipinski definition) is 3. The van der Waals surface area contributed by atoms with Gasteiger partial charge in [-0.15, -0.1) is 0 Å². The lowest BCUT2D eigenvalue weighted by Crippen LogP contribution is -2.09. The van der Waals surface area contributed by atoms with E-state index in [1.165, 1.54) is 18.3 Å². The first-order valence-corrected chi connectivity index (χ1v) is 7.39. The van der Waals surface area contributed by atoms with Crippen molar-refractivity contribution >= 4 is 51.7 Å². The third-order valence-corrected chi connectivity index (χ3v) is 3.76. The highest BCUT2D eigenvalue weighted by molar-refractivity contribution is 6.40. The summed E-state index contributed by atoms with van der Waals surface area (Å²) in [6.07, 6.45) is 1.45. The quantitative estimate of drug-likeness (QED) is 0.457. The van der Waals surface area contributed by atoms with E-state index in [9.17, 15) is 4.79 Å². The summed E-state index contributed by atoms with van der Waals surface area (Å²) in [5, 5.41) is 1.53. The highest BCUT2D eigenvalue weighted by Crippen LogP contribution is 2.36. The fourth-order valence-electron chi connectivity index (χ4n) is 1.96. The molecule has 0 saturated carbocycles. The minimum absolute atomic E-state index is 0.0749. The summed E-state index contributed by atoms with van der Waals surface area (Å²) in [7, 11) is 0. The summed E-state index contributed by atoms with van der Waals surface area (Å²) in [5.41, 5.74) is 1.10. The van der Waals surface area contributed by atoms with Gasteiger partial charge in [0.2, 0.25) is 0 Å². The van der Waals surface area contributed by atoms with Crippen molar-refractivity contribution in [3.05, 3.63) is 69.3 Å². The topological polar surface area (TPSA) is 39.2 Å². The maximum Gasteiger partial charge on any atom is 0.345 e. The van der Waals surface area contributed by atoms with E-state index >= 15 is 0 Å². The second-order valence-electron chi connectivity index (χ2n) is 4.50. The molecule has 0 fully saturated rings. The van der Waals surface area contributed by atoms with Gasteiger partial charge < -0.3 is 4.74 Å². The lowest BCUT2D eigenvalue weighted by Gasteiger charge is -2.09. The number of esters is 1. The highest BCUT2D eigenvalue weighted by Gasteiger charge is 2.16. The number of ether oxygens (including phenoxy) is 1. The Morgan fingerprint density at radius 3 is 2.41 bits per heavy atom. The number of halogens is 3. The van der Waals surface area contributed by atoms with Crippen LogP contribution in [0.4, 0.5) is 0 Å². The van der Waals surface area contributed by atoms with E-state index in [0.717, 1.165) is 10.9 Å². The SMILES string of the molecule is O=C(Oc1c(Cl)cc(Cl)cc1Cl)c1cnc2ccccc2c1. The van der Waals surface area contributed by atoms with Gasteiger partial charge in [0, 0.05) is 16.6 Å². The number of rotatable bonds is 2. The number of benzene rings is 2. The Morgan fingerprint density at radius 2 is 1.68 bits per heavy atom. The Morgan fingerprint density at radius 1 is 1.00 bits per heavy atom. The molecule has 0 bridgehead atoms. The normalized spacial score (nSPS) is 10.7. The van der Waals surface area contributed by atoms with E-state index < -0.39 is 5.97 Å². The van der Waals surface area contributed by atoms with E-state index in [1.54, 1.807) is 6.07 Å². The Bertz CT molecular complexity index is 857. The van der Waals surface area contributed by atoms with Gasteiger partial charge in [-0.3, -0.25) is 4.98 Å². The van der Waals surface area contributed by atoms with Crippen molar-refractivity contribution in [1.29, 1.82) is 0 Å². The molecule has 110 valence electrons. The number of aromatic nitrogens is 1. The van der Waals surface area contributed by atoms with Crippen molar-refractivity contribution in [1.82, 2.24) is 4.98 Å². The standard InChI is InChI=1S/C16H8Cl3NO2/c17-11-6-12(18)15(13(19)7-11)22-16(21)10-5-9-3-1-2-4-14(9)20-8-10/h1-8H. The zero-order valence-electron chi connectivity index (χ0n) is 11.0. The van der Waals surface area contributed by atoms with Crippen LogP contribution >= 0.6 is 34.8 Å². The molecular weight excluding hydrogens is 345 g/mol. The Hall–Kier alpha value is -1.81. The maximum absolute atomic E-state index is 12.2. The number of nitrogens with zero attached hydrogens (tertiary/aromatic N) is 1. The second-order valence-corrected chi connectivity index (χ2v) is 5.76. The van der Waals surface area contributed by atoms with Gasteiger partial charge in [0.1, 0.15) is 0 Å². The van der Waals surface area contributed by atoms with Gasteiger partial charge in [-0.05, 0) is 24.3 Å². The molecule has 0 saturated heterocycles. The molecule has 0 radical (unpaired) electrons. The molecule has 2 aromatic carbocycles. The summed E-state index contributed by atoms with van der Waals surface area (Å²) >= 11 is 17.8. The number of carbonyl (C=O) groups is 1. The largest absolute Gasteiger partial charge is 0.420 e. The van der Waals surface area contributed by atoms with Crippen LogP contribution in [-0.4, -0.2) is 11.0 Å². The fourth-order valence-corrected chi connectivity index (χ4v) is 2.85. The van der Waals surface area contributed by atoms with Crippen LogP contribution in [0.2, 0.25) is 15.1 Å². The van der Waals surface area contributed by atoms with Crippen LogP contribution in [-0.2, 0) is 0 Å². The summed E-state index contributed by atoms with van der Waals surface area (Å²) in [5.74, 6) is -0.518. The van der Waals surface area contributed by atoms with Crippen molar-refractivity contribution in [2.75, 3.05) is 0 Å². The minimum Gasteiger partial charge on any atom is -0.420 e. The van der Waals surface area contributed by atoms with E-state index in [-0.39, 0.29) is 15.8 Å². The third kappa shape index (κ3) is 3.02. The van der Waals surface area contributed by atoms with Gasteiger partial charge in [0.05, 0.1) is 21.1 Å². The van der Waals surface area contributed by atoms with Gasteiger partial charge in [-0.25, -0.2) is 4.79 Å². The molecule has 3 rings (SSSR count). The summed E-state index contributed by atoms with van der Waals surface area (Å²) in [6.45, 7) is 0. The van der Waals surface area contributed by atoms with Crippen LogP contribution in [0, 0.1) is 0 Å². The number of pyridine rings is 1. The van der Waals surface area contributed by atoms with Gasteiger partial charge in [-0.2, -0.15) is 0 Å². The number of fused-ring (bicyclic) bond motifs is 1. The number of carbonyl (C=O) groups excluding carboxylic acids is 1. The van der Waals surface area contributed by atoms with Crippen molar-refractivity contribution in [2.24, 2.45) is 0 Å². The molecule has 3 nitrogen and oxygen atoms in total. The summed E-state index contributed by atoms with van der Waals surface area (Å²) in [4.78, 5) is 16.4. The Kier molecular flexibility index (Phi) is 4.21. The average Bonchev–Trinajstić information content (AvgIpc) is 2.50. The van der Waals surface area contributed by atoms with Crippen LogP contribution in [0.1, 0.15) is 10.4 Å². The van der Waals surface area contributed by atoms with Crippen molar-refractivity contribution in [2.45, 2.75) is 0 Å². The molecule has 0 aliphatic rings. The van der Waals surface area contributed by atoms with Crippen molar-refractivity contribution in [3.8, 4) is 5.75 Å². The van der Waals surface area contributed by atoms with E-state index in [2.05, 4.69) is 4.98 Å². The zero-order valence-corrected chi connectivity index (χ0v) is 13.3. The van der Waals surface area contributed by atoms with E-state index in [4.69, 9.17) is 39.5 Å². The van der Waals surface area contributed by atoms with Crippen LogP contribution in [0.5, 0.6) is 5.75 Å². The lowest BCUT2D eigenvalue weighted by molar-refractivity contribution is 0.0734. The van der Waals surface area contributed by atoms with Gasteiger partial charge in [0.25, 0.3) is 0 Å². The molecule has 0 N–H and O–H groups in total. The number of para-hydroxylation sites is 1. The van der Waals surface area contributed by atoms with Crippen LogP contribution in [0.25, 0.3) is 10.9 Å². The molecule has 0 spiro atoms. The fraction of sp³-hybridized carbons (Fsp3) is 0. The van der Waals surface area contributed by atoms with Crippen LogP contribution in [0.3, 0.4) is 0 Å². The summed E-state index contributed by atoms with van der Waals surface area (Å²) in [6, 6.07) is 12.1. The molecule has 0 aliphatic heterocycles. The first-order valence-electron chi connectivity index (χ1n) is 6.26. The van der Waals surface area contributed by atoms with Gasteiger partial charge >= 0.3 is 5.97 Å². The molecular formula is C16H8Cl3NO2. The first-order chi connectivity index (χ1) is 10.5. The summed E-state index contributed by atoms with van der Waals surface area (Å²) < 4.78 is 5.26. The predicted molar refractivity (Wildman–Crippen MR) is 88.2 cm³/mol. The predicted octanol–water partition coefficient (Wildman–Crippen LogP) is 5.41. The number of hydrogen-bond donors (Lipinski definition) is 0. The molecule has 6 heteroatoms. The zero-order chi connectivity index (χ0) is 15.7. The second kappa shape index (κ2) is 6.13. The smallest absolute Gasteiger partial charge is 0.345 e. The molecule has 1 aromatic heterocycles. The molecule has 3 aromatic rings. The molecule has 1 heterocycles. The van der Waals surface area contributed by atoms with Crippen LogP contribution in [0.15, 0.2) is 48.7 Å². The van der Waals surface area contributed by atoms with E-state index in [1.807, 2.05) is 24.3 Å². The lowest BCUT2D eigenvalue weighted by atomic mass is 10.1. The molecule has 0 amide bonds.